The highest BCUT2D eigenvalue weighted by atomic mass is 35.5. The first kappa shape index (κ1) is 15.7. The molecule has 0 aromatic rings. The van der Waals surface area contributed by atoms with Gasteiger partial charge in [-0.2, -0.15) is 0 Å². The first-order valence-corrected chi connectivity index (χ1v) is 5.27. The van der Waals surface area contributed by atoms with Gasteiger partial charge in [0.25, 0.3) is 0 Å². The van der Waals surface area contributed by atoms with Crippen LogP contribution in [-0.2, 0) is 0 Å². The van der Waals surface area contributed by atoms with Crippen LogP contribution in [0.1, 0.15) is 39.5 Å². The molecule has 0 atom stereocenters. The maximum absolute atomic E-state index is 5.41. The Labute approximate surface area is 89.3 Å². The molecular weight excluding hydrogens is 184 g/mol. The van der Waals surface area contributed by atoms with Gasteiger partial charge in [-0.1, -0.05) is 26.7 Å². The Morgan fingerprint density at radius 2 is 1.46 bits per heavy atom. The molecule has 0 bridgehead atoms. The minimum atomic E-state index is 0. The minimum absolute atomic E-state index is 0. The molecule has 0 radical (unpaired) electrons. The zero-order valence-corrected chi connectivity index (χ0v) is 9.91. The summed E-state index contributed by atoms with van der Waals surface area (Å²) in [7, 11) is 0. The molecule has 0 saturated heterocycles. The highest BCUT2D eigenvalue weighted by Gasteiger charge is 1.97. The van der Waals surface area contributed by atoms with Crippen molar-refractivity contribution in [3.05, 3.63) is 0 Å². The number of hydrogen-bond acceptors (Lipinski definition) is 2. The van der Waals surface area contributed by atoms with E-state index >= 15 is 0 Å². The van der Waals surface area contributed by atoms with E-state index in [0.29, 0.717) is 0 Å². The van der Waals surface area contributed by atoms with Gasteiger partial charge < -0.3 is 10.6 Å². The Morgan fingerprint density at radius 1 is 0.923 bits per heavy atom. The van der Waals surface area contributed by atoms with Crippen LogP contribution in [0, 0.1) is 0 Å². The second kappa shape index (κ2) is 12.2. The van der Waals surface area contributed by atoms with Crippen molar-refractivity contribution >= 4 is 12.4 Å². The van der Waals surface area contributed by atoms with Crippen molar-refractivity contribution in [1.82, 2.24) is 4.90 Å². The smallest absolute Gasteiger partial charge is 0.00190 e. The van der Waals surface area contributed by atoms with Crippen LogP contribution >= 0.6 is 12.4 Å². The van der Waals surface area contributed by atoms with E-state index in [-0.39, 0.29) is 12.4 Å². The molecule has 82 valence electrons. The summed E-state index contributed by atoms with van der Waals surface area (Å²) in [5.41, 5.74) is 5.41. The zero-order chi connectivity index (χ0) is 9.23. The first-order chi connectivity index (χ1) is 5.85. The molecule has 0 aliphatic carbocycles. The van der Waals surface area contributed by atoms with Crippen LogP contribution in [0.5, 0.6) is 0 Å². The number of nitrogens with two attached hydrogens (primary N) is 1. The first-order valence-electron chi connectivity index (χ1n) is 5.27. The third-order valence-electron chi connectivity index (χ3n) is 2.32. The van der Waals surface area contributed by atoms with Gasteiger partial charge in [-0.25, -0.2) is 0 Å². The van der Waals surface area contributed by atoms with E-state index < -0.39 is 0 Å². The van der Waals surface area contributed by atoms with Crippen molar-refractivity contribution < 1.29 is 0 Å². The summed E-state index contributed by atoms with van der Waals surface area (Å²) < 4.78 is 0. The maximum Gasteiger partial charge on any atom is -0.00190 e. The average Bonchev–Trinajstić information content (AvgIpc) is 2.11. The largest absolute Gasteiger partial charge is 0.330 e. The highest BCUT2D eigenvalue weighted by Crippen LogP contribution is 2.00. The lowest BCUT2D eigenvalue weighted by Gasteiger charge is -2.17. The summed E-state index contributed by atoms with van der Waals surface area (Å²) in [6, 6.07) is 0. The average molecular weight is 209 g/mol. The molecule has 0 aromatic carbocycles. The Bertz CT molecular complexity index is 85.0. The summed E-state index contributed by atoms with van der Waals surface area (Å²) in [6.45, 7) is 8.94. The summed E-state index contributed by atoms with van der Waals surface area (Å²) in [4.78, 5) is 2.47. The second-order valence-electron chi connectivity index (χ2n) is 3.23. The van der Waals surface area contributed by atoms with Crippen molar-refractivity contribution in [2.45, 2.75) is 39.5 Å². The van der Waals surface area contributed by atoms with E-state index in [2.05, 4.69) is 18.7 Å². The van der Waals surface area contributed by atoms with Gasteiger partial charge in [0.05, 0.1) is 0 Å². The fraction of sp³-hybridized carbons (Fsp3) is 1.00. The fourth-order valence-corrected chi connectivity index (χ4v) is 1.37. The quantitative estimate of drug-likeness (QED) is 0.621. The van der Waals surface area contributed by atoms with E-state index in [1.54, 1.807) is 0 Å². The third-order valence-corrected chi connectivity index (χ3v) is 2.32. The monoisotopic (exact) mass is 208 g/mol. The highest BCUT2D eigenvalue weighted by molar-refractivity contribution is 5.85. The van der Waals surface area contributed by atoms with Gasteiger partial charge >= 0.3 is 0 Å². The molecular formula is C10H25ClN2. The van der Waals surface area contributed by atoms with Crippen LogP contribution in [0.4, 0.5) is 0 Å². The van der Waals surface area contributed by atoms with Gasteiger partial charge in [-0.3, -0.25) is 0 Å². The lowest BCUT2D eigenvalue weighted by Crippen LogP contribution is -2.23. The molecule has 0 rings (SSSR count). The fourth-order valence-electron chi connectivity index (χ4n) is 1.37. The van der Waals surface area contributed by atoms with Gasteiger partial charge in [0, 0.05) is 0 Å². The molecule has 2 N–H and O–H groups in total. The van der Waals surface area contributed by atoms with Crippen molar-refractivity contribution in [1.29, 1.82) is 0 Å². The third kappa shape index (κ3) is 10.1. The SMILES string of the molecule is CCN(CC)CCCCCCN.Cl. The van der Waals surface area contributed by atoms with Gasteiger partial charge in [0.2, 0.25) is 0 Å². The number of hydrogen-bond donors (Lipinski definition) is 1. The van der Waals surface area contributed by atoms with Crippen LogP contribution in [0.15, 0.2) is 0 Å². The van der Waals surface area contributed by atoms with Crippen molar-refractivity contribution in [2.75, 3.05) is 26.2 Å². The van der Waals surface area contributed by atoms with Crippen LogP contribution in [-0.4, -0.2) is 31.1 Å². The predicted octanol–water partition coefficient (Wildman–Crippen LogP) is 2.27. The molecule has 0 aliphatic rings. The molecule has 3 heteroatoms. The molecule has 0 aromatic heterocycles. The van der Waals surface area contributed by atoms with Gasteiger partial charge in [-0.05, 0) is 39.0 Å². The maximum atomic E-state index is 5.41. The minimum Gasteiger partial charge on any atom is -0.330 e. The van der Waals surface area contributed by atoms with Crippen LogP contribution in [0.3, 0.4) is 0 Å². The van der Waals surface area contributed by atoms with Crippen molar-refractivity contribution in [2.24, 2.45) is 5.73 Å². The van der Waals surface area contributed by atoms with Gasteiger partial charge in [0.1, 0.15) is 0 Å². The molecule has 0 unspecified atom stereocenters. The van der Waals surface area contributed by atoms with Gasteiger partial charge in [0.15, 0.2) is 0 Å². The lowest BCUT2D eigenvalue weighted by molar-refractivity contribution is 0.295. The van der Waals surface area contributed by atoms with E-state index in [1.165, 1.54) is 45.3 Å². The molecule has 2 nitrogen and oxygen atoms in total. The summed E-state index contributed by atoms with van der Waals surface area (Å²) >= 11 is 0. The predicted molar refractivity (Wildman–Crippen MR) is 62.6 cm³/mol. The zero-order valence-electron chi connectivity index (χ0n) is 9.09. The van der Waals surface area contributed by atoms with E-state index in [4.69, 9.17) is 5.73 Å². The Morgan fingerprint density at radius 3 is 1.92 bits per heavy atom. The number of halogens is 1. The standard InChI is InChI=1S/C10H24N2.ClH/c1-3-12(4-2)10-8-6-5-7-9-11;/h3-11H2,1-2H3;1H. The molecule has 0 saturated carbocycles. The Kier molecular flexibility index (Phi) is 14.7. The molecule has 13 heavy (non-hydrogen) atoms. The number of rotatable bonds is 8. The molecule has 0 fully saturated rings. The van der Waals surface area contributed by atoms with Crippen LogP contribution < -0.4 is 5.73 Å². The van der Waals surface area contributed by atoms with Gasteiger partial charge in [-0.15, -0.1) is 12.4 Å². The molecule has 0 spiro atoms. The summed E-state index contributed by atoms with van der Waals surface area (Å²) in [5.74, 6) is 0. The van der Waals surface area contributed by atoms with Crippen LogP contribution in [0.25, 0.3) is 0 Å². The number of nitrogens with zero attached hydrogens (tertiary/aromatic N) is 1. The summed E-state index contributed by atoms with van der Waals surface area (Å²) in [6.07, 6.45) is 5.17. The molecule has 0 aliphatic heterocycles. The van der Waals surface area contributed by atoms with E-state index in [9.17, 15) is 0 Å². The van der Waals surface area contributed by atoms with E-state index in [0.717, 1.165) is 6.54 Å². The van der Waals surface area contributed by atoms with Crippen LogP contribution in [0.2, 0.25) is 0 Å². The Hall–Kier alpha value is 0.210. The lowest BCUT2D eigenvalue weighted by atomic mass is 10.2. The molecule has 0 amide bonds. The van der Waals surface area contributed by atoms with Crippen molar-refractivity contribution in [3.63, 3.8) is 0 Å². The summed E-state index contributed by atoms with van der Waals surface area (Å²) in [5, 5.41) is 0. The van der Waals surface area contributed by atoms with Crippen molar-refractivity contribution in [3.8, 4) is 0 Å². The normalized spacial score (nSPS) is 10.2. The van der Waals surface area contributed by atoms with E-state index in [1.807, 2.05) is 0 Å². The second-order valence-corrected chi connectivity index (χ2v) is 3.23. The Balaban J connectivity index is 0. The molecule has 0 heterocycles. The number of unbranched alkanes of at least 4 members (excludes halogenated alkanes) is 3. The topological polar surface area (TPSA) is 29.3 Å².